The fraction of sp³-hybridized carbons (Fsp3) is 0.222. The van der Waals surface area contributed by atoms with E-state index in [1.54, 1.807) is 0 Å². The van der Waals surface area contributed by atoms with Crippen LogP contribution < -0.4 is 0 Å². The molecule has 0 aliphatic rings. The molecular weight excluding hydrogens is 216 g/mol. The van der Waals surface area contributed by atoms with E-state index in [-0.39, 0.29) is 0 Å². The number of benzene rings is 2. The molecule has 0 unspecified atom stereocenters. The molecule has 0 spiro atoms. The smallest absolute Gasteiger partial charge is 0.00230 e. The van der Waals surface area contributed by atoms with Gasteiger partial charge in [0.2, 0.25) is 0 Å². The molecule has 18 heavy (non-hydrogen) atoms. The van der Waals surface area contributed by atoms with Crippen molar-refractivity contribution >= 4 is 5.57 Å². The number of hydrogen-bond donors (Lipinski definition) is 0. The Kier molecular flexibility index (Phi) is 4.78. The summed E-state index contributed by atoms with van der Waals surface area (Å²) in [7, 11) is 0. The van der Waals surface area contributed by atoms with E-state index < -0.39 is 0 Å². The maximum atomic E-state index is 2.38. The Hall–Kier alpha value is -1.82. The van der Waals surface area contributed by atoms with Crippen LogP contribution in [0.4, 0.5) is 0 Å². The van der Waals surface area contributed by atoms with Gasteiger partial charge in [-0.15, -0.1) is 0 Å². The molecule has 0 saturated carbocycles. The largest absolute Gasteiger partial charge is 0.0804 e. The zero-order valence-corrected chi connectivity index (χ0v) is 11.0. The van der Waals surface area contributed by atoms with Crippen LogP contribution in [-0.2, 0) is 6.42 Å². The van der Waals surface area contributed by atoms with Crippen LogP contribution in [-0.4, -0.2) is 0 Å². The van der Waals surface area contributed by atoms with E-state index in [0.717, 1.165) is 12.8 Å². The van der Waals surface area contributed by atoms with Crippen molar-refractivity contribution in [2.45, 2.75) is 26.2 Å². The van der Waals surface area contributed by atoms with Crippen molar-refractivity contribution in [1.29, 1.82) is 0 Å². The van der Waals surface area contributed by atoms with Gasteiger partial charge in [0.25, 0.3) is 0 Å². The third-order valence-electron chi connectivity index (χ3n) is 3.06. The maximum Gasteiger partial charge on any atom is -0.00230 e. The minimum Gasteiger partial charge on any atom is -0.0804 e. The summed E-state index contributed by atoms with van der Waals surface area (Å²) in [5, 5.41) is 0. The zero-order valence-electron chi connectivity index (χ0n) is 11.0. The van der Waals surface area contributed by atoms with Crippen molar-refractivity contribution in [3.8, 4) is 0 Å². The van der Waals surface area contributed by atoms with Crippen LogP contribution in [0.25, 0.3) is 5.57 Å². The predicted molar refractivity (Wildman–Crippen MR) is 79.5 cm³/mol. The molecule has 2 aromatic carbocycles. The summed E-state index contributed by atoms with van der Waals surface area (Å²) < 4.78 is 0. The second-order valence-electron chi connectivity index (χ2n) is 4.55. The van der Waals surface area contributed by atoms with Gasteiger partial charge < -0.3 is 0 Å². The van der Waals surface area contributed by atoms with Gasteiger partial charge in [-0.3, -0.25) is 0 Å². The summed E-state index contributed by atoms with van der Waals surface area (Å²) in [6.07, 6.45) is 5.75. The Morgan fingerprint density at radius 3 is 2.11 bits per heavy atom. The Morgan fingerprint density at radius 2 is 1.50 bits per heavy atom. The van der Waals surface area contributed by atoms with Crippen molar-refractivity contribution in [1.82, 2.24) is 0 Å². The highest BCUT2D eigenvalue weighted by Crippen LogP contribution is 2.20. The Bertz CT molecular complexity index is 480. The van der Waals surface area contributed by atoms with E-state index in [2.05, 4.69) is 73.7 Å². The first kappa shape index (κ1) is 12.6. The molecule has 0 N–H and O–H groups in total. The topological polar surface area (TPSA) is 0 Å². The average molecular weight is 236 g/mol. The molecule has 0 heterocycles. The molecule has 0 saturated heterocycles. The van der Waals surface area contributed by atoms with Gasteiger partial charge in [-0.1, -0.05) is 80.1 Å². The van der Waals surface area contributed by atoms with Crippen molar-refractivity contribution in [3.63, 3.8) is 0 Å². The van der Waals surface area contributed by atoms with Gasteiger partial charge >= 0.3 is 0 Å². The number of unbranched alkanes of at least 4 members (excludes halogenated alkanes) is 1. The standard InChI is InChI=1S/C18H20/c1-2-3-12-18(17-13-8-5-9-14-17)15-16-10-6-4-7-11-16/h4-14H,2-3,15H2,1H3. The summed E-state index contributed by atoms with van der Waals surface area (Å²) in [5.74, 6) is 0. The van der Waals surface area contributed by atoms with E-state index in [9.17, 15) is 0 Å². The van der Waals surface area contributed by atoms with Gasteiger partial charge in [-0.2, -0.15) is 0 Å². The van der Waals surface area contributed by atoms with Crippen molar-refractivity contribution < 1.29 is 0 Å². The molecule has 0 nitrogen and oxygen atoms in total. The van der Waals surface area contributed by atoms with E-state index in [4.69, 9.17) is 0 Å². The Labute approximate surface area is 110 Å². The van der Waals surface area contributed by atoms with E-state index >= 15 is 0 Å². The first-order valence-electron chi connectivity index (χ1n) is 6.68. The number of allylic oxidation sites excluding steroid dienone is 2. The van der Waals surface area contributed by atoms with Crippen LogP contribution in [0.3, 0.4) is 0 Å². The molecule has 0 aromatic heterocycles. The average Bonchev–Trinajstić information content (AvgIpc) is 2.45. The minimum absolute atomic E-state index is 1.02. The fourth-order valence-electron chi connectivity index (χ4n) is 2.08. The van der Waals surface area contributed by atoms with Crippen LogP contribution in [0, 0.1) is 0 Å². The van der Waals surface area contributed by atoms with Crippen molar-refractivity contribution in [2.24, 2.45) is 0 Å². The first-order chi connectivity index (χ1) is 8.90. The third kappa shape index (κ3) is 3.59. The van der Waals surface area contributed by atoms with Gasteiger partial charge in [-0.05, 0) is 29.5 Å². The summed E-state index contributed by atoms with van der Waals surface area (Å²) in [6.45, 7) is 2.22. The second kappa shape index (κ2) is 6.80. The lowest BCUT2D eigenvalue weighted by Crippen LogP contribution is -1.91. The molecule has 0 atom stereocenters. The highest BCUT2D eigenvalue weighted by molar-refractivity contribution is 5.67. The first-order valence-corrected chi connectivity index (χ1v) is 6.68. The Balaban J connectivity index is 2.22. The second-order valence-corrected chi connectivity index (χ2v) is 4.55. The Morgan fingerprint density at radius 1 is 0.889 bits per heavy atom. The molecule has 2 rings (SSSR count). The van der Waals surface area contributed by atoms with Gasteiger partial charge in [0.15, 0.2) is 0 Å². The zero-order chi connectivity index (χ0) is 12.6. The normalized spacial score (nSPS) is 11.5. The van der Waals surface area contributed by atoms with Gasteiger partial charge in [0.05, 0.1) is 0 Å². The molecular formula is C18H20. The summed E-state index contributed by atoms with van der Waals surface area (Å²) in [4.78, 5) is 0. The molecule has 0 aliphatic carbocycles. The minimum atomic E-state index is 1.02. The maximum absolute atomic E-state index is 2.38. The van der Waals surface area contributed by atoms with Gasteiger partial charge in [-0.25, -0.2) is 0 Å². The molecule has 0 amide bonds. The summed E-state index contributed by atoms with van der Waals surface area (Å²) >= 11 is 0. The fourth-order valence-corrected chi connectivity index (χ4v) is 2.08. The van der Waals surface area contributed by atoms with Crippen LogP contribution in [0.1, 0.15) is 30.9 Å². The molecule has 0 radical (unpaired) electrons. The van der Waals surface area contributed by atoms with E-state index in [1.807, 2.05) is 0 Å². The van der Waals surface area contributed by atoms with Gasteiger partial charge in [0, 0.05) is 0 Å². The monoisotopic (exact) mass is 236 g/mol. The molecule has 0 aliphatic heterocycles. The molecule has 0 fully saturated rings. The quantitative estimate of drug-likeness (QED) is 0.676. The van der Waals surface area contributed by atoms with Crippen molar-refractivity contribution in [2.75, 3.05) is 0 Å². The van der Waals surface area contributed by atoms with Crippen LogP contribution in [0.2, 0.25) is 0 Å². The van der Waals surface area contributed by atoms with Crippen molar-refractivity contribution in [3.05, 3.63) is 77.9 Å². The summed E-state index contributed by atoms with van der Waals surface area (Å²) in [5.41, 5.74) is 4.15. The lowest BCUT2D eigenvalue weighted by atomic mass is 9.97. The van der Waals surface area contributed by atoms with E-state index in [1.165, 1.54) is 23.1 Å². The lowest BCUT2D eigenvalue weighted by Gasteiger charge is -2.08. The number of rotatable bonds is 5. The van der Waals surface area contributed by atoms with E-state index in [0.29, 0.717) is 0 Å². The SMILES string of the molecule is CCCC=C(Cc1ccccc1)c1ccccc1. The van der Waals surface area contributed by atoms with Crippen LogP contribution in [0.15, 0.2) is 66.7 Å². The summed E-state index contributed by atoms with van der Waals surface area (Å²) in [6, 6.07) is 21.4. The third-order valence-corrected chi connectivity index (χ3v) is 3.06. The van der Waals surface area contributed by atoms with Gasteiger partial charge in [0.1, 0.15) is 0 Å². The molecule has 92 valence electrons. The highest BCUT2D eigenvalue weighted by Gasteiger charge is 2.02. The predicted octanol–water partition coefficient (Wildman–Crippen LogP) is 5.11. The highest BCUT2D eigenvalue weighted by atomic mass is 14.1. The van der Waals surface area contributed by atoms with Crippen LogP contribution >= 0.6 is 0 Å². The lowest BCUT2D eigenvalue weighted by molar-refractivity contribution is 0.956. The number of hydrogen-bond acceptors (Lipinski definition) is 0. The molecule has 0 bridgehead atoms. The molecule has 2 aromatic rings. The van der Waals surface area contributed by atoms with Crippen LogP contribution in [0.5, 0.6) is 0 Å². The molecule has 0 heteroatoms.